The van der Waals surface area contributed by atoms with Gasteiger partial charge in [-0.2, -0.15) is 0 Å². The third-order valence-corrected chi connectivity index (χ3v) is 4.49. The van der Waals surface area contributed by atoms with Crippen LogP contribution in [0, 0.1) is 5.92 Å². The van der Waals surface area contributed by atoms with Crippen LogP contribution >= 0.6 is 0 Å². The van der Waals surface area contributed by atoms with Crippen molar-refractivity contribution in [3.05, 3.63) is 30.0 Å². The molecular formula is C20H29N3O5. The Hall–Kier alpha value is -2.58. The molecule has 0 radical (unpaired) electrons. The van der Waals surface area contributed by atoms with E-state index in [0.29, 0.717) is 11.3 Å². The largest absolute Gasteiger partial charge is 0.497 e. The highest BCUT2D eigenvalue weighted by molar-refractivity contribution is 5.92. The molecule has 0 bridgehead atoms. The van der Waals surface area contributed by atoms with Gasteiger partial charge in [0.05, 0.1) is 12.6 Å². The van der Waals surface area contributed by atoms with E-state index in [1.54, 1.807) is 19.4 Å². The lowest BCUT2D eigenvalue weighted by Crippen LogP contribution is -2.37. The average molecular weight is 391 g/mol. The Labute approximate surface area is 165 Å². The van der Waals surface area contributed by atoms with Gasteiger partial charge < -0.3 is 24.8 Å². The second-order valence-electron chi connectivity index (χ2n) is 7.22. The number of benzene rings is 1. The lowest BCUT2D eigenvalue weighted by atomic mass is 10.1. The summed E-state index contributed by atoms with van der Waals surface area (Å²) in [5.74, 6) is -0.0371. The minimum atomic E-state index is -0.756. The molecule has 154 valence electrons. The summed E-state index contributed by atoms with van der Waals surface area (Å²) in [6.45, 7) is 3.97. The van der Waals surface area contributed by atoms with Crippen LogP contribution in [0.5, 0.6) is 5.75 Å². The van der Waals surface area contributed by atoms with Crippen molar-refractivity contribution in [2.45, 2.75) is 26.3 Å². The van der Waals surface area contributed by atoms with Crippen LogP contribution in [0.3, 0.4) is 0 Å². The summed E-state index contributed by atoms with van der Waals surface area (Å²) in [4.78, 5) is 26.4. The summed E-state index contributed by atoms with van der Waals surface area (Å²) in [6.07, 6.45) is 1.88. The molecule has 0 aliphatic carbocycles. The standard InChI is InChI=1S/C20H29N3O5/c1-13(2)18(21)19(24)27-12-28-20(25)23-11-14(8-9-22(3)4)16-7-6-15(26-5)10-17(16)23/h6-7,10-11,13,18H,8-9,12,21H2,1-5H3/t18-/m0/s1. The van der Waals surface area contributed by atoms with E-state index in [4.69, 9.17) is 19.9 Å². The first-order valence-corrected chi connectivity index (χ1v) is 9.16. The fraction of sp³-hybridized carbons (Fsp3) is 0.500. The van der Waals surface area contributed by atoms with Crippen molar-refractivity contribution in [3.63, 3.8) is 0 Å². The summed E-state index contributed by atoms with van der Waals surface area (Å²) >= 11 is 0. The molecule has 28 heavy (non-hydrogen) atoms. The zero-order chi connectivity index (χ0) is 20.8. The molecule has 1 atom stereocenters. The van der Waals surface area contributed by atoms with Crippen LogP contribution in [0.25, 0.3) is 10.9 Å². The van der Waals surface area contributed by atoms with Crippen LogP contribution in [-0.4, -0.2) is 62.1 Å². The van der Waals surface area contributed by atoms with Crippen LogP contribution in [0.4, 0.5) is 4.79 Å². The Bertz CT molecular complexity index is 829. The van der Waals surface area contributed by atoms with Gasteiger partial charge in [0.15, 0.2) is 0 Å². The highest BCUT2D eigenvalue weighted by Gasteiger charge is 2.20. The molecule has 8 nitrogen and oxygen atoms in total. The predicted octanol–water partition coefficient (Wildman–Crippen LogP) is 2.22. The number of hydrogen-bond donors (Lipinski definition) is 1. The van der Waals surface area contributed by atoms with Gasteiger partial charge in [0.1, 0.15) is 11.8 Å². The van der Waals surface area contributed by atoms with Gasteiger partial charge in [-0.1, -0.05) is 13.8 Å². The fourth-order valence-corrected chi connectivity index (χ4v) is 2.67. The average Bonchev–Trinajstić information content (AvgIpc) is 3.03. The van der Waals surface area contributed by atoms with E-state index < -0.39 is 24.9 Å². The molecule has 2 rings (SSSR count). The Morgan fingerprint density at radius 1 is 1.21 bits per heavy atom. The van der Waals surface area contributed by atoms with Crippen LogP contribution in [-0.2, 0) is 20.7 Å². The molecule has 0 aliphatic rings. The lowest BCUT2D eigenvalue weighted by molar-refractivity contribution is -0.154. The molecule has 2 aromatic rings. The van der Waals surface area contributed by atoms with Crippen molar-refractivity contribution >= 4 is 23.0 Å². The third kappa shape index (κ3) is 5.24. The van der Waals surface area contributed by atoms with E-state index in [9.17, 15) is 9.59 Å². The molecule has 0 amide bonds. The van der Waals surface area contributed by atoms with Gasteiger partial charge in [0.25, 0.3) is 0 Å². The lowest BCUT2D eigenvalue weighted by Gasteiger charge is -2.14. The monoisotopic (exact) mass is 391 g/mol. The normalized spacial score (nSPS) is 12.4. The van der Waals surface area contributed by atoms with Crippen molar-refractivity contribution in [3.8, 4) is 5.75 Å². The number of fused-ring (bicyclic) bond motifs is 1. The second kappa shape index (κ2) is 9.57. The first-order valence-electron chi connectivity index (χ1n) is 9.16. The smallest absolute Gasteiger partial charge is 0.421 e. The Kier molecular flexibility index (Phi) is 7.42. The van der Waals surface area contributed by atoms with E-state index in [0.717, 1.165) is 23.9 Å². The number of carbonyl (C=O) groups is 2. The van der Waals surface area contributed by atoms with E-state index >= 15 is 0 Å². The topological polar surface area (TPSA) is 96.0 Å². The zero-order valence-electron chi connectivity index (χ0n) is 17.1. The van der Waals surface area contributed by atoms with Crippen LogP contribution in [0.2, 0.25) is 0 Å². The van der Waals surface area contributed by atoms with E-state index in [-0.39, 0.29) is 5.92 Å². The van der Waals surface area contributed by atoms with Crippen molar-refractivity contribution in [2.24, 2.45) is 11.7 Å². The zero-order valence-corrected chi connectivity index (χ0v) is 17.1. The maximum absolute atomic E-state index is 12.6. The molecular weight excluding hydrogens is 362 g/mol. The first-order chi connectivity index (χ1) is 13.2. The number of nitrogens with zero attached hydrogens (tertiary/aromatic N) is 2. The summed E-state index contributed by atoms with van der Waals surface area (Å²) in [5.41, 5.74) is 7.40. The summed E-state index contributed by atoms with van der Waals surface area (Å²) < 4.78 is 16.7. The van der Waals surface area contributed by atoms with E-state index in [1.807, 2.05) is 40.1 Å². The number of esters is 1. The summed E-state index contributed by atoms with van der Waals surface area (Å²) in [6, 6.07) is 4.79. The second-order valence-corrected chi connectivity index (χ2v) is 7.22. The Balaban J connectivity index is 2.17. The highest BCUT2D eigenvalue weighted by Crippen LogP contribution is 2.26. The SMILES string of the molecule is COc1ccc2c(CCN(C)C)cn(C(=O)OCOC(=O)[C@@H](N)C(C)C)c2c1. The quantitative estimate of drug-likeness (QED) is 0.544. The molecule has 1 aromatic heterocycles. The fourth-order valence-electron chi connectivity index (χ4n) is 2.67. The van der Waals surface area contributed by atoms with E-state index in [1.165, 1.54) is 4.57 Å². The van der Waals surface area contributed by atoms with Gasteiger partial charge >= 0.3 is 12.1 Å². The van der Waals surface area contributed by atoms with Crippen molar-refractivity contribution in [1.82, 2.24) is 9.47 Å². The maximum Gasteiger partial charge on any atom is 0.421 e. The molecule has 0 saturated carbocycles. The van der Waals surface area contributed by atoms with Crippen molar-refractivity contribution < 1.29 is 23.8 Å². The summed E-state index contributed by atoms with van der Waals surface area (Å²) in [5, 5.41) is 0.943. The molecule has 1 aromatic carbocycles. The Morgan fingerprint density at radius 2 is 1.93 bits per heavy atom. The molecule has 0 spiro atoms. The molecule has 0 saturated heterocycles. The van der Waals surface area contributed by atoms with Crippen LogP contribution < -0.4 is 10.5 Å². The number of ether oxygens (including phenoxy) is 3. The number of aromatic nitrogens is 1. The van der Waals surface area contributed by atoms with Gasteiger partial charge in [0.2, 0.25) is 6.79 Å². The van der Waals surface area contributed by atoms with Gasteiger partial charge in [-0.15, -0.1) is 0 Å². The summed E-state index contributed by atoms with van der Waals surface area (Å²) in [7, 11) is 5.55. The minimum absolute atomic E-state index is 0.0664. The number of methoxy groups -OCH3 is 1. The molecule has 8 heteroatoms. The van der Waals surface area contributed by atoms with Gasteiger partial charge in [-0.05, 0) is 44.1 Å². The van der Waals surface area contributed by atoms with Gasteiger partial charge in [0, 0.05) is 24.2 Å². The minimum Gasteiger partial charge on any atom is -0.497 e. The number of likely N-dealkylation sites (N-methyl/N-ethyl adjacent to an activating group) is 1. The number of nitrogens with two attached hydrogens (primary N) is 1. The molecule has 0 unspecified atom stereocenters. The predicted molar refractivity (Wildman–Crippen MR) is 106 cm³/mol. The van der Waals surface area contributed by atoms with Crippen molar-refractivity contribution in [1.29, 1.82) is 0 Å². The Morgan fingerprint density at radius 3 is 2.54 bits per heavy atom. The van der Waals surface area contributed by atoms with Crippen LogP contribution in [0.1, 0.15) is 19.4 Å². The highest BCUT2D eigenvalue weighted by atomic mass is 16.7. The number of hydrogen-bond acceptors (Lipinski definition) is 7. The van der Waals surface area contributed by atoms with Gasteiger partial charge in [-0.25, -0.2) is 4.79 Å². The molecule has 0 fully saturated rings. The molecule has 2 N–H and O–H groups in total. The van der Waals surface area contributed by atoms with Crippen molar-refractivity contribution in [2.75, 3.05) is 34.5 Å². The van der Waals surface area contributed by atoms with E-state index in [2.05, 4.69) is 4.90 Å². The molecule has 1 heterocycles. The molecule has 0 aliphatic heterocycles. The number of rotatable bonds is 8. The third-order valence-electron chi connectivity index (χ3n) is 4.49. The number of carbonyl (C=O) groups excluding carboxylic acids is 2. The van der Waals surface area contributed by atoms with Crippen LogP contribution in [0.15, 0.2) is 24.4 Å². The van der Waals surface area contributed by atoms with Gasteiger partial charge in [-0.3, -0.25) is 9.36 Å². The first kappa shape index (κ1) is 21.7. The maximum atomic E-state index is 12.6.